The zero-order valence-electron chi connectivity index (χ0n) is 14.0. The van der Waals surface area contributed by atoms with Crippen molar-refractivity contribution in [2.75, 3.05) is 6.61 Å². The molecule has 0 aliphatic carbocycles. The van der Waals surface area contributed by atoms with Crippen molar-refractivity contribution in [3.63, 3.8) is 0 Å². The third kappa shape index (κ3) is 3.91. The number of aromatic nitrogens is 2. The molecule has 0 fully saturated rings. The quantitative estimate of drug-likeness (QED) is 0.755. The number of aliphatic hydroxyl groups is 1. The topological polar surface area (TPSA) is 87.4 Å². The van der Waals surface area contributed by atoms with Crippen LogP contribution in [-0.2, 0) is 0 Å². The molecule has 0 radical (unpaired) electrons. The predicted octanol–water partition coefficient (Wildman–Crippen LogP) is 2.16. The maximum atomic E-state index is 13.2. The van der Waals surface area contributed by atoms with Crippen LogP contribution in [0, 0.1) is 18.7 Å². The molecule has 0 aliphatic heterocycles. The fourth-order valence-electron chi connectivity index (χ4n) is 2.47. The van der Waals surface area contributed by atoms with Gasteiger partial charge in [0.15, 0.2) is 11.4 Å². The summed E-state index contributed by atoms with van der Waals surface area (Å²) in [7, 11) is 0. The second-order valence-electron chi connectivity index (χ2n) is 6.07. The maximum Gasteiger partial charge on any atom is 0.275 e. The summed E-state index contributed by atoms with van der Waals surface area (Å²) in [5.41, 5.74) is 1.09. The van der Waals surface area contributed by atoms with E-state index in [0.717, 1.165) is 0 Å². The molecular weight excluding hydrogens is 313 g/mol. The standard InChI is InChI=1S/C17H22FN3O3/c1-10(2)13(6-7-22)19-17(24)16-15(23)9-21(20-16)14-5-4-12(18)8-11(14)3/h4-5,8-10,13,22-23H,6-7H2,1-3H3,(H,19,24). The van der Waals surface area contributed by atoms with Gasteiger partial charge in [0.2, 0.25) is 0 Å². The number of nitrogens with zero attached hydrogens (tertiary/aromatic N) is 2. The van der Waals surface area contributed by atoms with Gasteiger partial charge in [-0.3, -0.25) is 4.79 Å². The van der Waals surface area contributed by atoms with Crippen LogP contribution in [0.5, 0.6) is 5.75 Å². The van der Waals surface area contributed by atoms with Crippen LogP contribution in [0.1, 0.15) is 36.3 Å². The van der Waals surface area contributed by atoms with Gasteiger partial charge < -0.3 is 15.5 Å². The van der Waals surface area contributed by atoms with Crippen LogP contribution in [0.2, 0.25) is 0 Å². The van der Waals surface area contributed by atoms with Crippen LogP contribution in [0.15, 0.2) is 24.4 Å². The van der Waals surface area contributed by atoms with Crippen molar-refractivity contribution < 1.29 is 19.4 Å². The Morgan fingerprint density at radius 3 is 2.71 bits per heavy atom. The Kier molecular flexibility index (Phi) is 5.56. The van der Waals surface area contributed by atoms with Gasteiger partial charge in [-0.25, -0.2) is 9.07 Å². The number of halogens is 1. The van der Waals surface area contributed by atoms with Crippen LogP contribution in [0.25, 0.3) is 5.69 Å². The summed E-state index contributed by atoms with van der Waals surface area (Å²) in [4.78, 5) is 12.4. The van der Waals surface area contributed by atoms with E-state index in [4.69, 9.17) is 5.11 Å². The Morgan fingerprint density at radius 1 is 1.42 bits per heavy atom. The number of nitrogens with one attached hydrogen (secondary N) is 1. The molecule has 130 valence electrons. The first-order valence-electron chi connectivity index (χ1n) is 7.80. The molecule has 3 N–H and O–H groups in total. The maximum absolute atomic E-state index is 13.2. The molecule has 7 heteroatoms. The average Bonchev–Trinajstić information content (AvgIpc) is 2.88. The molecule has 2 rings (SSSR count). The van der Waals surface area contributed by atoms with E-state index < -0.39 is 5.91 Å². The normalized spacial score (nSPS) is 12.4. The van der Waals surface area contributed by atoms with Crippen molar-refractivity contribution in [2.45, 2.75) is 33.2 Å². The number of amides is 1. The van der Waals surface area contributed by atoms with E-state index in [9.17, 15) is 14.3 Å². The van der Waals surface area contributed by atoms with E-state index in [1.165, 1.54) is 29.1 Å². The number of aromatic hydroxyl groups is 1. The van der Waals surface area contributed by atoms with Gasteiger partial charge in [0.25, 0.3) is 5.91 Å². The van der Waals surface area contributed by atoms with E-state index in [1.54, 1.807) is 6.92 Å². The van der Waals surface area contributed by atoms with E-state index in [-0.39, 0.29) is 35.8 Å². The minimum absolute atomic E-state index is 0.0433. The first-order valence-corrected chi connectivity index (χ1v) is 7.80. The van der Waals surface area contributed by atoms with E-state index in [0.29, 0.717) is 17.7 Å². The highest BCUT2D eigenvalue weighted by Crippen LogP contribution is 2.21. The number of benzene rings is 1. The number of carbonyl (C=O) groups excluding carboxylic acids is 1. The number of aryl methyl sites for hydroxylation is 1. The SMILES string of the molecule is Cc1cc(F)ccc1-n1cc(O)c(C(=O)NC(CCO)C(C)C)n1. The molecule has 1 amide bonds. The van der Waals surface area contributed by atoms with E-state index in [1.807, 2.05) is 13.8 Å². The lowest BCUT2D eigenvalue weighted by Crippen LogP contribution is -2.39. The summed E-state index contributed by atoms with van der Waals surface area (Å²) in [6.45, 7) is 5.53. The fraction of sp³-hybridized carbons (Fsp3) is 0.412. The largest absolute Gasteiger partial charge is 0.504 e. The summed E-state index contributed by atoms with van der Waals surface area (Å²) in [6, 6.07) is 3.95. The number of hydrogen-bond donors (Lipinski definition) is 3. The van der Waals surface area contributed by atoms with Gasteiger partial charge >= 0.3 is 0 Å². The van der Waals surface area contributed by atoms with Crippen molar-refractivity contribution in [2.24, 2.45) is 5.92 Å². The molecule has 2 aromatic rings. The molecule has 1 unspecified atom stereocenters. The lowest BCUT2D eigenvalue weighted by atomic mass is 10.0. The first-order chi connectivity index (χ1) is 11.3. The molecule has 24 heavy (non-hydrogen) atoms. The summed E-state index contributed by atoms with van der Waals surface area (Å²) < 4.78 is 14.5. The Labute approximate surface area is 139 Å². The van der Waals surface area contributed by atoms with Crippen molar-refractivity contribution >= 4 is 5.91 Å². The molecular formula is C17H22FN3O3. The van der Waals surface area contributed by atoms with Crippen molar-refractivity contribution in [1.29, 1.82) is 0 Å². The van der Waals surface area contributed by atoms with Crippen LogP contribution in [0.3, 0.4) is 0 Å². The van der Waals surface area contributed by atoms with E-state index >= 15 is 0 Å². The van der Waals surface area contributed by atoms with Gasteiger partial charge in [-0.15, -0.1) is 0 Å². The molecule has 1 aromatic heterocycles. The Bertz CT molecular complexity index is 728. The molecule has 0 saturated heterocycles. The third-order valence-electron chi connectivity index (χ3n) is 3.88. The van der Waals surface area contributed by atoms with Gasteiger partial charge in [-0.2, -0.15) is 5.10 Å². The molecule has 1 atom stereocenters. The number of rotatable bonds is 6. The van der Waals surface area contributed by atoms with Gasteiger partial charge in [0, 0.05) is 12.6 Å². The Hall–Kier alpha value is -2.41. The molecule has 0 spiro atoms. The molecule has 0 saturated carbocycles. The molecule has 0 aliphatic rings. The summed E-state index contributed by atoms with van der Waals surface area (Å²) >= 11 is 0. The lowest BCUT2D eigenvalue weighted by Gasteiger charge is -2.20. The first kappa shape index (κ1) is 17.9. The monoisotopic (exact) mass is 335 g/mol. The smallest absolute Gasteiger partial charge is 0.275 e. The zero-order chi connectivity index (χ0) is 17.9. The third-order valence-corrected chi connectivity index (χ3v) is 3.88. The molecule has 1 heterocycles. The highest BCUT2D eigenvalue weighted by Gasteiger charge is 2.22. The van der Waals surface area contributed by atoms with E-state index in [2.05, 4.69) is 10.4 Å². The summed E-state index contributed by atoms with van der Waals surface area (Å²) in [5.74, 6) is -1.01. The van der Waals surface area contributed by atoms with Crippen LogP contribution in [-0.4, -0.2) is 38.5 Å². The van der Waals surface area contributed by atoms with Crippen LogP contribution in [0.4, 0.5) is 4.39 Å². The Balaban J connectivity index is 2.26. The van der Waals surface area contributed by atoms with Gasteiger partial charge in [-0.05, 0) is 43.0 Å². The van der Waals surface area contributed by atoms with Crippen molar-refractivity contribution in [3.05, 3.63) is 41.5 Å². The van der Waals surface area contributed by atoms with Gasteiger partial charge in [0.05, 0.1) is 11.9 Å². The van der Waals surface area contributed by atoms with Crippen LogP contribution < -0.4 is 5.32 Å². The van der Waals surface area contributed by atoms with Gasteiger partial charge in [0.1, 0.15) is 5.82 Å². The average molecular weight is 335 g/mol. The van der Waals surface area contributed by atoms with Crippen LogP contribution >= 0.6 is 0 Å². The molecule has 0 bridgehead atoms. The number of aliphatic hydroxyl groups excluding tert-OH is 1. The number of carbonyl (C=O) groups is 1. The molecule has 1 aromatic carbocycles. The van der Waals surface area contributed by atoms with Crippen molar-refractivity contribution in [3.8, 4) is 11.4 Å². The fourth-order valence-corrected chi connectivity index (χ4v) is 2.47. The summed E-state index contributed by atoms with van der Waals surface area (Å²) in [6.07, 6.45) is 1.73. The second-order valence-corrected chi connectivity index (χ2v) is 6.07. The Morgan fingerprint density at radius 2 is 2.12 bits per heavy atom. The van der Waals surface area contributed by atoms with Gasteiger partial charge in [-0.1, -0.05) is 13.8 Å². The minimum Gasteiger partial charge on any atom is -0.504 e. The zero-order valence-corrected chi connectivity index (χ0v) is 14.0. The highest BCUT2D eigenvalue weighted by molar-refractivity contribution is 5.95. The summed E-state index contributed by atoms with van der Waals surface area (Å²) in [5, 5.41) is 26.0. The number of hydrogen-bond acceptors (Lipinski definition) is 4. The predicted molar refractivity (Wildman–Crippen MR) is 87.7 cm³/mol. The van der Waals surface area contributed by atoms with Crippen molar-refractivity contribution in [1.82, 2.24) is 15.1 Å². The second kappa shape index (κ2) is 7.44. The molecule has 6 nitrogen and oxygen atoms in total. The minimum atomic E-state index is -0.516. The highest BCUT2D eigenvalue weighted by atomic mass is 19.1. The lowest BCUT2D eigenvalue weighted by molar-refractivity contribution is 0.0908.